The summed E-state index contributed by atoms with van der Waals surface area (Å²) in [6.07, 6.45) is 0.624. The SMILES string of the molecule is Cc1nnc(CN(C(=O)[C@H]2C[C@@H]2c2ccc(F)c(F)c2)C(C)(C)C)o1. The van der Waals surface area contributed by atoms with Crippen LogP contribution in [0, 0.1) is 24.5 Å². The first kappa shape index (κ1) is 17.5. The normalized spacial score (nSPS) is 19.8. The fraction of sp³-hybridized carbons (Fsp3) is 0.500. The third kappa shape index (κ3) is 3.70. The highest BCUT2D eigenvalue weighted by molar-refractivity contribution is 5.83. The van der Waals surface area contributed by atoms with Crippen LogP contribution >= 0.6 is 0 Å². The first-order chi connectivity index (χ1) is 11.7. The summed E-state index contributed by atoms with van der Waals surface area (Å²) in [4.78, 5) is 14.7. The lowest BCUT2D eigenvalue weighted by molar-refractivity contribution is -0.138. The largest absolute Gasteiger partial charge is 0.424 e. The number of benzene rings is 1. The second kappa shape index (κ2) is 6.20. The number of aryl methyl sites for hydroxylation is 1. The van der Waals surface area contributed by atoms with Gasteiger partial charge in [-0.05, 0) is 50.8 Å². The van der Waals surface area contributed by atoms with Crippen LogP contribution in [0.15, 0.2) is 22.6 Å². The fourth-order valence-electron chi connectivity index (χ4n) is 2.96. The minimum Gasteiger partial charge on any atom is -0.424 e. The summed E-state index contributed by atoms with van der Waals surface area (Å²) < 4.78 is 31.9. The average Bonchev–Trinajstić information content (AvgIpc) is 3.22. The molecule has 0 unspecified atom stereocenters. The lowest BCUT2D eigenvalue weighted by Gasteiger charge is -2.35. The molecule has 1 saturated carbocycles. The molecule has 1 aliphatic carbocycles. The number of carbonyl (C=O) groups is 1. The maximum Gasteiger partial charge on any atom is 0.235 e. The van der Waals surface area contributed by atoms with E-state index >= 15 is 0 Å². The lowest BCUT2D eigenvalue weighted by Crippen LogP contribution is -2.46. The van der Waals surface area contributed by atoms with Gasteiger partial charge in [-0.2, -0.15) is 0 Å². The maximum atomic E-state index is 13.4. The third-order valence-corrected chi connectivity index (χ3v) is 4.42. The summed E-state index contributed by atoms with van der Waals surface area (Å²) in [7, 11) is 0. The molecular weight excluding hydrogens is 328 g/mol. The van der Waals surface area contributed by atoms with Crippen molar-refractivity contribution in [2.24, 2.45) is 5.92 Å². The summed E-state index contributed by atoms with van der Waals surface area (Å²) >= 11 is 0. The standard InChI is InChI=1S/C18H21F2N3O2/c1-10-21-22-16(25-10)9-23(18(2,3)4)17(24)13-8-12(13)11-5-6-14(19)15(20)7-11/h5-7,12-13H,8-9H2,1-4H3/t12-,13+/m1/s1. The van der Waals surface area contributed by atoms with Crippen LogP contribution in [0.4, 0.5) is 8.78 Å². The quantitative estimate of drug-likeness (QED) is 0.846. The number of nitrogens with zero attached hydrogens (tertiary/aromatic N) is 3. The van der Waals surface area contributed by atoms with Gasteiger partial charge < -0.3 is 9.32 Å². The average molecular weight is 349 g/mol. The molecule has 0 aliphatic heterocycles. The molecule has 1 amide bonds. The molecule has 2 aromatic rings. The molecule has 25 heavy (non-hydrogen) atoms. The van der Waals surface area contributed by atoms with Crippen LogP contribution in [0.3, 0.4) is 0 Å². The van der Waals surface area contributed by atoms with Crippen LogP contribution in [-0.2, 0) is 11.3 Å². The van der Waals surface area contributed by atoms with Gasteiger partial charge in [-0.1, -0.05) is 6.07 Å². The summed E-state index contributed by atoms with van der Waals surface area (Å²) in [6, 6.07) is 3.82. The van der Waals surface area contributed by atoms with Crippen LogP contribution in [0.1, 0.15) is 50.5 Å². The number of hydrogen-bond donors (Lipinski definition) is 0. The van der Waals surface area contributed by atoms with Crippen molar-refractivity contribution in [1.29, 1.82) is 0 Å². The van der Waals surface area contributed by atoms with Crippen molar-refractivity contribution in [3.63, 3.8) is 0 Å². The minimum atomic E-state index is -0.885. The first-order valence-corrected chi connectivity index (χ1v) is 8.22. The molecule has 1 fully saturated rings. The molecule has 1 aliphatic rings. The minimum absolute atomic E-state index is 0.0434. The second-order valence-corrected chi connectivity index (χ2v) is 7.43. The molecule has 2 atom stereocenters. The van der Waals surface area contributed by atoms with Gasteiger partial charge in [-0.3, -0.25) is 4.79 Å². The van der Waals surface area contributed by atoms with E-state index in [0.29, 0.717) is 23.8 Å². The topological polar surface area (TPSA) is 59.2 Å². The van der Waals surface area contributed by atoms with Crippen LogP contribution < -0.4 is 0 Å². The van der Waals surface area contributed by atoms with Crippen molar-refractivity contribution in [3.05, 3.63) is 47.2 Å². The summed E-state index contributed by atoms with van der Waals surface area (Å²) in [6.45, 7) is 7.72. The van der Waals surface area contributed by atoms with Gasteiger partial charge in [0.05, 0.1) is 6.54 Å². The molecule has 0 radical (unpaired) electrons. The number of aromatic nitrogens is 2. The zero-order valence-corrected chi connectivity index (χ0v) is 14.7. The second-order valence-electron chi connectivity index (χ2n) is 7.43. The molecule has 0 spiro atoms. The zero-order valence-electron chi connectivity index (χ0n) is 14.7. The number of amides is 1. The molecule has 3 rings (SSSR count). The smallest absolute Gasteiger partial charge is 0.235 e. The zero-order chi connectivity index (χ0) is 18.4. The number of halogens is 2. The molecule has 7 heteroatoms. The van der Waals surface area contributed by atoms with Crippen molar-refractivity contribution in [2.75, 3.05) is 0 Å². The van der Waals surface area contributed by atoms with E-state index in [-0.39, 0.29) is 24.3 Å². The Balaban J connectivity index is 1.76. The van der Waals surface area contributed by atoms with E-state index in [4.69, 9.17) is 4.42 Å². The highest BCUT2D eigenvalue weighted by Crippen LogP contribution is 2.49. The monoisotopic (exact) mass is 349 g/mol. The Bertz CT molecular complexity index is 798. The van der Waals surface area contributed by atoms with Crippen LogP contribution in [-0.4, -0.2) is 26.5 Å². The van der Waals surface area contributed by atoms with Crippen molar-refractivity contribution in [2.45, 2.75) is 52.1 Å². The third-order valence-electron chi connectivity index (χ3n) is 4.42. The van der Waals surface area contributed by atoms with E-state index in [0.717, 1.165) is 6.07 Å². The van der Waals surface area contributed by atoms with Gasteiger partial charge in [0.25, 0.3) is 0 Å². The van der Waals surface area contributed by atoms with E-state index in [9.17, 15) is 13.6 Å². The van der Waals surface area contributed by atoms with E-state index in [1.165, 1.54) is 6.07 Å². The number of rotatable bonds is 4. The number of hydrogen-bond acceptors (Lipinski definition) is 4. The predicted molar refractivity (Wildman–Crippen MR) is 86.5 cm³/mol. The van der Waals surface area contributed by atoms with Crippen LogP contribution in [0.25, 0.3) is 0 Å². The Hall–Kier alpha value is -2.31. The maximum absolute atomic E-state index is 13.4. The van der Waals surface area contributed by atoms with Crippen LogP contribution in [0.2, 0.25) is 0 Å². The fourth-order valence-corrected chi connectivity index (χ4v) is 2.96. The van der Waals surface area contributed by atoms with E-state index in [2.05, 4.69) is 10.2 Å². The molecule has 0 bridgehead atoms. The van der Waals surface area contributed by atoms with Gasteiger partial charge in [0.1, 0.15) is 0 Å². The van der Waals surface area contributed by atoms with Crippen molar-refractivity contribution < 1.29 is 18.0 Å². The van der Waals surface area contributed by atoms with Crippen molar-refractivity contribution >= 4 is 5.91 Å². The van der Waals surface area contributed by atoms with E-state index in [1.54, 1.807) is 17.9 Å². The molecule has 134 valence electrons. The Morgan fingerprint density at radius 1 is 1.28 bits per heavy atom. The Kier molecular flexibility index (Phi) is 4.34. The Labute approximate surface area is 145 Å². The summed E-state index contributed by atoms with van der Waals surface area (Å²) in [5, 5.41) is 7.75. The van der Waals surface area contributed by atoms with Gasteiger partial charge in [0.15, 0.2) is 11.6 Å². The summed E-state index contributed by atoms with van der Waals surface area (Å²) in [5.41, 5.74) is 0.223. The van der Waals surface area contributed by atoms with Crippen molar-refractivity contribution in [3.8, 4) is 0 Å². The molecule has 1 aromatic carbocycles. The highest BCUT2D eigenvalue weighted by atomic mass is 19.2. The molecule has 1 aromatic heterocycles. The Morgan fingerprint density at radius 3 is 2.56 bits per heavy atom. The molecule has 1 heterocycles. The first-order valence-electron chi connectivity index (χ1n) is 8.22. The van der Waals surface area contributed by atoms with Crippen LogP contribution in [0.5, 0.6) is 0 Å². The molecule has 0 saturated heterocycles. The highest BCUT2D eigenvalue weighted by Gasteiger charge is 2.48. The van der Waals surface area contributed by atoms with Gasteiger partial charge in [0, 0.05) is 18.4 Å². The molecular formula is C18H21F2N3O2. The molecule has 5 nitrogen and oxygen atoms in total. The van der Waals surface area contributed by atoms with Gasteiger partial charge in [-0.25, -0.2) is 8.78 Å². The predicted octanol–water partition coefficient (Wildman–Crippen LogP) is 3.59. The Morgan fingerprint density at radius 2 is 2.00 bits per heavy atom. The summed E-state index contributed by atoms with van der Waals surface area (Å²) in [5.74, 6) is -1.31. The van der Waals surface area contributed by atoms with Gasteiger partial charge in [0.2, 0.25) is 17.7 Å². The molecule has 0 N–H and O–H groups in total. The van der Waals surface area contributed by atoms with E-state index in [1.807, 2.05) is 20.8 Å². The lowest BCUT2D eigenvalue weighted by atomic mass is 10.0. The van der Waals surface area contributed by atoms with E-state index < -0.39 is 17.2 Å². The van der Waals surface area contributed by atoms with Crippen molar-refractivity contribution in [1.82, 2.24) is 15.1 Å². The number of carbonyl (C=O) groups excluding carboxylic acids is 1. The van der Waals surface area contributed by atoms with Gasteiger partial charge in [-0.15, -0.1) is 10.2 Å². The van der Waals surface area contributed by atoms with Gasteiger partial charge >= 0.3 is 0 Å².